The number of nitrogens with zero attached hydrogens (tertiary/aromatic N) is 2. The predicted molar refractivity (Wildman–Crippen MR) is 141 cm³/mol. The second kappa shape index (κ2) is 10.1. The van der Waals surface area contributed by atoms with Gasteiger partial charge in [0.15, 0.2) is 0 Å². The molecule has 7 heteroatoms. The van der Waals surface area contributed by atoms with Gasteiger partial charge in [0.1, 0.15) is 12.1 Å². The molecule has 2 aromatic rings. The molecule has 192 valence electrons. The summed E-state index contributed by atoms with van der Waals surface area (Å²) in [5.74, 6) is -0.370. The van der Waals surface area contributed by atoms with E-state index in [2.05, 4.69) is 33.0 Å². The number of carbonyl (C=O) groups is 3. The number of para-hydroxylation sites is 1. The standard InChI is InChI=1S/C29H37N3O4/c1-18(2)23-7-6-8-24(19(3)4)26(23)30-25(34)17-31-27(35)29(15-13-22(33)14-16-29)32(28(31)36)21-11-9-20(5)10-12-21/h6-12,18-19,22,33H,13-17H2,1-5H3,(H,30,34). The maximum Gasteiger partial charge on any atom is 0.332 e. The molecule has 2 fully saturated rings. The monoisotopic (exact) mass is 491 g/mol. The molecule has 0 atom stereocenters. The van der Waals surface area contributed by atoms with Crippen molar-refractivity contribution in [2.45, 2.75) is 83.8 Å². The van der Waals surface area contributed by atoms with Crippen molar-refractivity contribution >= 4 is 29.2 Å². The van der Waals surface area contributed by atoms with E-state index in [4.69, 9.17) is 0 Å². The first-order chi connectivity index (χ1) is 17.0. The second-order valence-electron chi connectivity index (χ2n) is 10.8. The summed E-state index contributed by atoms with van der Waals surface area (Å²) < 4.78 is 0. The van der Waals surface area contributed by atoms with Crippen LogP contribution in [0.2, 0.25) is 0 Å². The SMILES string of the molecule is Cc1ccc(N2C(=O)N(CC(=O)Nc3c(C(C)C)cccc3C(C)C)C(=O)C23CCC(O)CC3)cc1. The number of rotatable bonds is 6. The lowest BCUT2D eigenvalue weighted by Gasteiger charge is -2.39. The van der Waals surface area contributed by atoms with Crippen LogP contribution in [0.4, 0.5) is 16.2 Å². The summed E-state index contributed by atoms with van der Waals surface area (Å²) in [5, 5.41) is 13.1. The van der Waals surface area contributed by atoms with Gasteiger partial charge in [0.25, 0.3) is 5.91 Å². The molecular formula is C29H37N3O4. The Labute approximate surface area is 213 Å². The molecule has 1 spiro atoms. The lowest BCUT2D eigenvalue weighted by molar-refractivity contribution is -0.135. The minimum absolute atomic E-state index is 0.197. The first-order valence-corrected chi connectivity index (χ1v) is 12.9. The van der Waals surface area contributed by atoms with Crippen molar-refractivity contribution in [3.8, 4) is 0 Å². The van der Waals surface area contributed by atoms with Gasteiger partial charge in [0.05, 0.1) is 6.10 Å². The predicted octanol–water partition coefficient (Wildman–Crippen LogP) is 5.32. The Kier molecular flexibility index (Phi) is 7.23. The highest BCUT2D eigenvalue weighted by atomic mass is 16.3. The van der Waals surface area contributed by atoms with Crippen LogP contribution in [-0.2, 0) is 9.59 Å². The van der Waals surface area contributed by atoms with Gasteiger partial charge in [-0.25, -0.2) is 4.79 Å². The van der Waals surface area contributed by atoms with Crippen LogP contribution >= 0.6 is 0 Å². The number of hydrogen-bond donors (Lipinski definition) is 2. The molecule has 7 nitrogen and oxygen atoms in total. The Balaban J connectivity index is 1.64. The average Bonchev–Trinajstić information content (AvgIpc) is 3.02. The van der Waals surface area contributed by atoms with Gasteiger partial charge in [-0.1, -0.05) is 63.6 Å². The third-order valence-corrected chi connectivity index (χ3v) is 7.51. The molecule has 4 rings (SSSR count). The molecule has 2 aliphatic rings. The molecule has 2 N–H and O–H groups in total. The molecule has 0 radical (unpaired) electrons. The van der Waals surface area contributed by atoms with Gasteiger partial charge in [-0.3, -0.25) is 19.4 Å². The van der Waals surface area contributed by atoms with Crippen molar-refractivity contribution in [1.29, 1.82) is 0 Å². The molecule has 0 unspecified atom stereocenters. The Morgan fingerprint density at radius 1 is 1.00 bits per heavy atom. The van der Waals surface area contributed by atoms with Gasteiger partial charge in [0.2, 0.25) is 5.91 Å². The Morgan fingerprint density at radius 2 is 1.56 bits per heavy atom. The molecule has 1 heterocycles. The molecule has 1 aliphatic carbocycles. The number of aryl methyl sites for hydroxylation is 1. The van der Waals surface area contributed by atoms with Crippen molar-refractivity contribution in [2.24, 2.45) is 0 Å². The van der Waals surface area contributed by atoms with Gasteiger partial charge in [-0.15, -0.1) is 0 Å². The van der Waals surface area contributed by atoms with Crippen LogP contribution in [0.5, 0.6) is 0 Å². The number of amides is 4. The van der Waals surface area contributed by atoms with Gasteiger partial charge in [-0.05, 0) is 67.7 Å². The van der Waals surface area contributed by atoms with Crippen LogP contribution in [0.3, 0.4) is 0 Å². The normalized spacial score (nSPS) is 22.3. The molecule has 0 bridgehead atoms. The average molecular weight is 492 g/mol. The smallest absolute Gasteiger partial charge is 0.332 e. The summed E-state index contributed by atoms with van der Waals surface area (Å²) in [7, 11) is 0. The number of nitrogens with one attached hydrogen (secondary N) is 1. The molecule has 0 aromatic heterocycles. The first kappa shape index (κ1) is 25.9. The molecule has 1 aliphatic heterocycles. The molecule has 4 amide bonds. The van der Waals surface area contributed by atoms with Crippen LogP contribution in [0, 0.1) is 6.92 Å². The zero-order valence-electron chi connectivity index (χ0n) is 21.9. The molecular weight excluding hydrogens is 454 g/mol. The van der Waals surface area contributed by atoms with Crippen molar-refractivity contribution in [3.05, 3.63) is 59.2 Å². The van der Waals surface area contributed by atoms with E-state index in [-0.39, 0.29) is 24.3 Å². The quantitative estimate of drug-likeness (QED) is 0.535. The van der Waals surface area contributed by atoms with Crippen LogP contribution in [0.1, 0.15) is 81.9 Å². The maximum absolute atomic E-state index is 13.8. The molecule has 1 saturated carbocycles. The van der Waals surface area contributed by atoms with Crippen molar-refractivity contribution in [1.82, 2.24) is 4.90 Å². The number of urea groups is 1. The second-order valence-corrected chi connectivity index (χ2v) is 10.8. The zero-order chi connectivity index (χ0) is 26.2. The fourth-order valence-electron chi connectivity index (χ4n) is 5.46. The van der Waals surface area contributed by atoms with E-state index in [1.807, 2.05) is 49.4 Å². The van der Waals surface area contributed by atoms with Gasteiger partial charge in [0, 0.05) is 11.4 Å². The third kappa shape index (κ3) is 4.64. The number of aliphatic hydroxyl groups is 1. The number of aliphatic hydroxyl groups excluding tert-OH is 1. The number of benzene rings is 2. The largest absolute Gasteiger partial charge is 0.393 e. The number of hydrogen-bond acceptors (Lipinski definition) is 4. The minimum Gasteiger partial charge on any atom is -0.393 e. The van der Waals surface area contributed by atoms with Crippen LogP contribution in [-0.4, -0.2) is 46.0 Å². The minimum atomic E-state index is -1.08. The third-order valence-electron chi connectivity index (χ3n) is 7.51. The van der Waals surface area contributed by atoms with Crippen LogP contribution in [0.15, 0.2) is 42.5 Å². The summed E-state index contributed by atoms with van der Waals surface area (Å²) >= 11 is 0. The summed E-state index contributed by atoms with van der Waals surface area (Å²) in [4.78, 5) is 43.4. The van der Waals surface area contributed by atoms with Gasteiger partial charge < -0.3 is 10.4 Å². The number of carbonyl (C=O) groups excluding carboxylic acids is 3. The fourth-order valence-corrected chi connectivity index (χ4v) is 5.46. The summed E-state index contributed by atoms with van der Waals surface area (Å²) in [6.07, 6.45) is 1.09. The molecule has 2 aromatic carbocycles. The Morgan fingerprint density at radius 3 is 2.08 bits per heavy atom. The van der Waals surface area contributed by atoms with Crippen LogP contribution < -0.4 is 10.2 Å². The lowest BCUT2D eigenvalue weighted by atomic mass is 9.79. The number of anilines is 2. The molecule has 1 saturated heterocycles. The van der Waals surface area contributed by atoms with Crippen LogP contribution in [0.25, 0.3) is 0 Å². The van der Waals surface area contributed by atoms with Crippen molar-refractivity contribution in [2.75, 3.05) is 16.8 Å². The highest BCUT2D eigenvalue weighted by molar-refractivity contribution is 6.18. The summed E-state index contributed by atoms with van der Waals surface area (Å²) in [6.45, 7) is 9.90. The zero-order valence-corrected chi connectivity index (χ0v) is 21.9. The topological polar surface area (TPSA) is 90.0 Å². The van der Waals surface area contributed by atoms with E-state index in [1.54, 1.807) is 4.90 Å². The highest BCUT2D eigenvalue weighted by Gasteiger charge is 2.58. The Hall–Kier alpha value is -3.19. The maximum atomic E-state index is 13.8. The van der Waals surface area contributed by atoms with E-state index in [1.165, 1.54) is 0 Å². The van der Waals surface area contributed by atoms with E-state index >= 15 is 0 Å². The van der Waals surface area contributed by atoms with Gasteiger partial charge >= 0.3 is 6.03 Å². The van der Waals surface area contributed by atoms with E-state index in [9.17, 15) is 19.5 Å². The summed E-state index contributed by atoms with van der Waals surface area (Å²) in [6, 6.07) is 13.0. The van der Waals surface area contributed by atoms with Gasteiger partial charge in [-0.2, -0.15) is 0 Å². The summed E-state index contributed by atoms with van der Waals surface area (Å²) in [5.41, 5.74) is 3.40. The Bertz CT molecular complexity index is 1120. The van der Waals surface area contributed by atoms with E-state index in [0.717, 1.165) is 27.3 Å². The number of imide groups is 1. The van der Waals surface area contributed by atoms with Crippen molar-refractivity contribution in [3.63, 3.8) is 0 Å². The highest BCUT2D eigenvalue weighted by Crippen LogP contribution is 2.43. The van der Waals surface area contributed by atoms with E-state index in [0.29, 0.717) is 31.4 Å². The van der Waals surface area contributed by atoms with Crippen molar-refractivity contribution < 1.29 is 19.5 Å². The fraction of sp³-hybridized carbons (Fsp3) is 0.483. The van der Waals surface area contributed by atoms with E-state index < -0.39 is 23.6 Å². The first-order valence-electron chi connectivity index (χ1n) is 12.9. The lowest BCUT2D eigenvalue weighted by Crippen LogP contribution is -2.53. The molecule has 36 heavy (non-hydrogen) atoms.